The Hall–Kier alpha value is -1.75. The van der Waals surface area contributed by atoms with Gasteiger partial charge in [-0.15, -0.1) is 0 Å². The first-order valence-electron chi connectivity index (χ1n) is 6.55. The molecule has 20 heavy (non-hydrogen) atoms. The van der Waals surface area contributed by atoms with E-state index in [-0.39, 0.29) is 0 Å². The number of nitrogens with zero attached hydrogens (tertiary/aromatic N) is 1. The molecule has 104 valence electrons. The molecule has 0 saturated carbocycles. The molecule has 0 aliphatic carbocycles. The topological polar surface area (TPSA) is 43.4 Å². The van der Waals surface area contributed by atoms with Crippen LogP contribution in [0.25, 0.3) is 0 Å². The average molecular weight is 335 g/mol. The van der Waals surface area contributed by atoms with Gasteiger partial charge in [-0.1, -0.05) is 6.07 Å². The molecule has 0 amide bonds. The molecule has 0 fully saturated rings. The fourth-order valence-electron chi connectivity index (χ4n) is 1.99. The Labute approximate surface area is 126 Å². The zero-order valence-electron chi connectivity index (χ0n) is 10.9. The van der Waals surface area contributed by atoms with Crippen molar-refractivity contribution in [2.45, 2.75) is 13.0 Å². The minimum atomic E-state index is 0.700. The van der Waals surface area contributed by atoms with Crippen molar-refractivity contribution in [3.05, 3.63) is 46.6 Å². The van der Waals surface area contributed by atoms with Gasteiger partial charge in [0.1, 0.15) is 5.82 Å². The maximum absolute atomic E-state index is 5.68. The lowest BCUT2D eigenvalue weighted by atomic mass is 10.2. The van der Waals surface area contributed by atoms with Crippen LogP contribution in [0, 0.1) is 0 Å². The Bertz CT molecular complexity index is 587. The molecular formula is C15H15BrN2O2. The summed E-state index contributed by atoms with van der Waals surface area (Å²) >= 11 is 3.37. The number of aromatic nitrogens is 1. The van der Waals surface area contributed by atoms with Crippen molar-refractivity contribution < 1.29 is 9.47 Å². The number of rotatable bonds is 3. The first-order valence-corrected chi connectivity index (χ1v) is 7.34. The van der Waals surface area contributed by atoms with Gasteiger partial charge < -0.3 is 14.8 Å². The molecule has 1 aromatic carbocycles. The Morgan fingerprint density at radius 3 is 2.75 bits per heavy atom. The zero-order valence-corrected chi connectivity index (χ0v) is 12.5. The Kier molecular flexibility index (Phi) is 4.06. The molecule has 3 rings (SSSR count). The van der Waals surface area contributed by atoms with E-state index in [9.17, 15) is 0 Å². The monoisotopic (exact) mass is 334 g/mol. The quantitative estimate of drug-likeness (QED) is 0.930. The van der Waals surface area contributed by atoms with E-state index in [0.29, 0.717) is 19.8 Å². The molecule has 1 aliphatic rings. The number of nitrogens with one attached hydrogen (secondary N) is 1. The Morgan fingerprint density at radius 2 is 1.95 bits per heavy atom. The third kappa shape index (κ3) is 3.22. The van der Waals surface area contributed by atoms with Crippen LogP contribution in [-0.4, -0.2) is 18.2 Å². The third-order valence-corrected chi connectivity index (χ3v) is 3.48. The number of hydrogen-bond donors (Lipinski definition) is 1. The number of halogens is 1. The molecule has 1 aliphatic heterocycles. The highest BCUT2D eigenvalue weighted by atomic mass is 79.9. The molecule has 0 saturated heterocycles. The normalized spacial score (nSPS) is 13.7. The lowest BCUT2D eigenvalue weighted by Gasteiger charge is -2.10. The van der Waals surface area contributed by atoms with Crippen LogP contribution in [0.3, 0.4) is 0 Å². The van der Waals surface area contributed by atoms with Crippen LogP contribution < -0.4 is 14.8 Å². The Morgan fingerprint density at radius 1 is 1.10 bits per heavy atom. The summed E-state index contributed by atoms with van der Waals surface area (Å²) in [7, 11) is 0. The van der Waals surface area contributed by atoms with E-state index in [2.05, 4.69) is 26.2 Å². The van der Waals surface area contributed by atoms with Gasteiger partial charge in [0.15, 0.2) is 11.5 Å². The summed E-state index contributed by atoms with van der Waals surface area (Å²) in [5.74, 6) is 2.50. The standard InChI is InChI=1S/C15H15BrN2O2/c16-12-3-5-15(18-10-12)17-9-11-2-4-13-14(8-11)20-7-1-6-19-13/h2-5,8,10H,1,6-7,9H2,(H,17,18). The van der Waals surface area contributed by atoms with E-state index in [1.54, 1.807) is 6.20 Å². The number of anilines is 1. The van der Waals surface area contributed by atoms with Gasteiger partial charge in [0.25, 0.3) is 0 Å². The van der Waals surface area contributed by atoms with Gasteiger partial charge in [0, 0.05) is 23.6 Å². The first-order chi connectivity index (χ1) is 9.81. The molecule has 1 aromatic heterocycles. The predicted octanol–water partition coefficient (Wildman–Crippen LogP) is 3.62. The minimum Gasteiger partial charge on any atom is -0.490 e. The molecule has 5 heteroatoms. The summed E-state index contributed by atoms with van der Waals surface area (Å²) in [6.07, 6.45) is 2.70. The van der Waals surface area contributed by atoms with Gasteiger partial charge in [-0.05, 0) is 45.8 Å². The second kappa shape index (κ2) is 6.13. The second-order valence-electron chi connectivity index (χ2n) is 4.55. The van der Waals surface area contributed by atoms with Gasteiger partial charge in [-0.2, -0.15) is 0 Å². The lowest BCUT2D eigenvalue weighted by molar-refractivity contribution is 0.297. The van der Waals surface area contributed by atoms with E-state index < -0.39 is 0 Å². The van der Waals surface area contributed by atoms with Crippen LogP contribution >= 0.6 is 15.9 Å². The smallest absolute Gasteiger partial charge is 0.161 e. The van der Waals surface area contributed by atoms with Crippen molar-refractivity contribution >= 4 is 21.7 Å². The molecule has 2 heterocycles. The molecule has 0 atom stereocenters. The van der Waals surface area contributed by atoms with Crippen LogP contribution in [0.5, 0.6) is 11.5 Å². The SMILES string of the molecule is Brc1ccc(NCc2ccc3c(c2)OCCCO3)nc1. The molecule has 1 N–H and O–H groups in total. The third-order valence-electron chi connectivity index (χ3n) is 3.01. The number of fused-ring (bicyclic) bond motifs is 1. The highest BCUT2D eigenvalue weighted by molar-refractivity contribution is 9.10. The fourth-order valence-corrected chi connectivity index (χ4v) is 2.23. The number of hydrogen-bond acceptors (Lipinski definition) is 4. The van der Waals surface area contributed by atoms with Gasteiger partial charge in [0.2, 0.25) is 0 Å². The van der Waals surface area contributed by atoms with E-state index in [4.69, 9.17) is 9.47 Å². The highest BCUT2D eigenvalue weighted by Gasteiger charge is 2.10. The fraction of sp³-hybridized carbons (Fsp3) is 0.267. The van der Waals surface area contributed by atoms with E-state index in [1.165, 1.54) is 0 Å². The van der Waals surface area contributed by atoms with Crippen LogP contribution in [0.15, 0.2) is 41.0 Å². The van der Waals surface area contributed by atoms with E-state index >= 15 is 0 Å². The van der Waals surface area contributed by atoms with Gasteiger partial charge in [0.05, 0.1) is 13.2 Å². The van der Waals surface area contributed by atoms with Crippen molar-refractivity contribution in [2.24, 2.45) is 0 Å². The number of ether oxygens (including phenoxy) is 2. The molecule has 4 nitrogen and oxygen atoms in total. The van der Waals surface area contributed by atoms with Crippen LogP contribution in [0.1, 0.15) is 12.0 Å². The summed E-state index contributed by atoms with van der Waals surface area (Å²) in [5.41, 5.74) is 1.14. The number of benzene rings is 1. The van der Waals surface area contributed by atoms with Crippen LogP contribution in [-0.2, 0) is 6.54 Å². The average Bonchev–Trinajstić information content (AvgIpc) is 2.71. The molecule has 0 radical (unpaired) electrons. The van der Waals surface area contributed by atoms with Gasteiger partial charge >= 0.3 is 0 Å². The lowest BCUT2D eigenvalue weighted by Crippen LogP contribution is -2.01. The molecular weight excluding hydrogens is 320 g/mol. The van der Waals surface area contributed by atoms with Gasteiger partial charge in [-0.3, -0.25) is 0 Å². The zero-order chi connectivity index (χ0) is 13.8. The van der Waals surface area contributed by atoms with Gasteiger partial charge in [-0.25, -0.2) is 4.98 Å². The Balaban J connectivity index is 1.68. The van der Waals surface area contributed by atoms with E-state index in [0.717, 1.165) is 33.8 Å². The van der Waals surface area contributed by atoms with Crippen LogP contribution in [0.2, 0.25) is 0 Å². The molecule has 0 spiro atoms. The van der Waals surface area contributed by atoms with Crippen molar-refractivity contribution in [3.8, 4) is 11.5 Å². The predicted molar refractivity (Wildman–Crippen MR) is 81.3 cm³/mol. The van der Waals surface area contributed by atoms with Crippen molar-refractivity contribution in [3.63, 3.8) is 0 Å². The summed E-state index contributed by atoms with van der Waals surface area (Å²) < 4.78 is 12.3. The largest absolute Gasteiger partial charge is 0.490 e. The maximum atomic E-state index is 5.68. The highest BCUT2D eigenvalue weighted by Crippen LogP contribution is 2.30. The molecule has 0 unspecified atom stereocenters. The van der Waals surface area contributed by atoms with E-state index in [1.807, 2.05) is 30.3 Å². The van der Waals surface area contributed by atoms with Crippen molar-refractivity contribution in [2.75, 3.05) is 18.5 Å². The molecule has 2 aromatic rings. The summed E-state index contributed by atoms with van der Waals surface area (Å²) in [5, 5.41) is 3.28. The van der Waals surface area contributed by atoms with Crippen molar-refractivity contribution in [1.82, 2.24) is 4.98 Å². The second-order valence-corrected chi connectivity index (χ2v) is 5.46. The first kappa shape index (κ1) is 13.2. The van der Waals surface area contributed by atoms with Crippen molar-refractivity contribution in [1.29, 1.82) is 0 Å². The van der Waals surface area contributed by atoms with Crippen LogP contribution in [0.4, 0.5) is 5.82 Å². The summed E-state index contributed by atoms with van der Waals surface area (Å²) in [6.45, 7) is 2.12. The minimum absolute atomic E-state index is 0.700. The summed E-state index contributed by atoms with van der Waals surface area (Å²) in [6, 6.07) is 9.93. The number of pyridine rings is 1. The maximum Gasteiger partial charge on any atom is 0.161 e. The molecule has 0 bridgehead atoms. The summed E-state index contributed by atoms with van der Waals surface area (Å²) in [4.78, 5) is 4.28.